The van der Waals surface area contributed by atoms with E-state index in [0.717, 1.165) is 60.4 Å². The first-order chi connectivity index (χ1) is 12.1. The average molecular weight is 355 g/mol. The van der Waals surface area contributed by atoms with Crippen molar-refractivity contribution in [1.29, 1.82) is 5.26 Å². The molecule has 25 heavy (non-hydrogen) atoms. The van der Waals surface area contributed by atoms with Gasteiger partial charge >= 0.3 is 0 Å². The number of rotatable bonds is 2. The Balaban J connectivity index is 1.43. The highest BCUT2D eigenvalue weighted by Crippen LogP contribution is 2.60. The molecule has 1 aromatic rings. The fraction of sp³-hybridized carbons (Fsp3) is 0.714. The molecule has 5 aliphatic rings. The predicted octanol–water partition coefficient (Wildman–Crippen LogP) is 4.90. The molecule has 4 fully saturated rings. The van der Waals surface area contributed by atoms with Crippen molar-refractivity contribution < 1.29 is 4.79 Å². The first-order valence-electron chi connectivity index (χ1n) is 9.92. The molecule has 6 rings (SSSR count). The van der Waals surface area contributed by atoms with E-state index in [9.17, 15) is 10.1 Å². The first kappa shape index (κ1) is 15.9. The lowest BCUT2D eigenvalue weighted by atomic mass is 9.49. The molecule has 0 spiro atoms. The lowest BCUT2D eigenvalue weighted by Crippen LogP contribution is -2.51. The number of carbonyl (C=O) groups is 1. The van der Waals surface area contributed by atoms with Crippen LogP contribution in [0.5, 0.6) is 0 Å². The minimum absolute atomic E-state index is 0.140. The second-order valence-corrected chi connectivity index (χ2v) is 10.4. The summed E-state index contributed by atoms with van der Waals surface area (Å²) in [5.74, 6) is 3.16. The van der Waals surface area contributed by atoms with Crippen LogP contribution < -0.4 is 5.32 Å². The molecular formula is C21H26N2OS. The molecule has 1 N–H and O–H groups in total. The first-order valence-corrected chi connectivity index (χ1v) is 10.7. The molecule has 0 aromatic carbocycles. The summed E-state index contributed by atoms with van der Waals surface area (Å²) in [7, 11) is 0. The number of carbonyl (C=O) groups excluding carboxylic acids is 1. The Kier molecular flexibility index (Phi) is 3.54. The lowest BCUT2D eigenvalue weighted by molar-refractivity contribution is -0.140. The van der Waals surface area contributed by atoms with Crippen LogP contribution in [0.4, 0.5) is 5.00 Å². The molecule has 1 amide bonds. The molecule has 5 aliphatic carbocycles. The van der Waals surface area contributed by atoms with Crippen molar-refractivity contribution in [3.8, 4) is 6.07 Å². The highest BCUT2D eigenvalue weighted by Gasteiger charge is 2.54. The summed E-state index contributed by atoms with van der Waals surface area (Å²) in [6, 6.07) is 2.40. The van der Waals surface area contributed by atoms with Gasteiger partial charge in [-0.25, -0.2) is 0 Å². The Bertz CT molecular complexity index is 736. The number of aryl methyl sites for hydroxylation is 1. The van der Waals surface area contributed by atoms with Crippen LogP contribution in [0.2, 0.25) is 0 Å². The number of fused-ring (bicyclic) bond motifs is 1. The number of anilines is 1. The van der Waals surface area contributed by atoms with Gasteiger partial charge in [0.25, 0.3) is 0 Å². The molecule has 132 valence electrons. The van der Waals surface area contributed by atoms with Crippen LogP contribution in [0, 0.1) is 40.4 Å². The molecule has 0 aliphatic heterocycles. The number of nitrogens with one attached hydrogen (secondary N) is 1. The van der Waals surface area contributed by atoms with Gasteiger partial charge in [0.15, 0.2) is 0 Å². The van der Waals surface area contributed by atoms with E-state index in [4.69, 9.17) is 0 Å². The minimum Gasteiger partial charge on any atom is -0.316 e. The molecule has 3 nitrogen and oxygen atoms in total. The van der Waals surface area contributed by atoms with E-state index in [1.165, 1.54) is 36.1 Å². The number of nitrogens with zero attached hydrogens (tertiary/aromatic N) is 1. The van der Waals surface area contributed by atoms with Crippen LogP contribution in [0.15, 0.2) is 0 Å². The number of hydrogen-bond acceptors (Lipinski definition) is 3. The average Bonchev–Trinajstić information content (AvgIpc) is 2.89. The van der Waals surface area contributed by atoms with Gasteiger partial charge in [-0.1, -0.05) is 6.92 Å². The zero-order chi connectivity index (χ0) is 17.2. The fourth-order valence-electron chi connectivity index (χ4n) is 6.59. The Hall–Kier alpha value is -1.34. The molecule has 1 unspecified atom stereocenters. The Morgan fingerprint density at radius 3 is 2.44 bits per heavy atom. The van der Waals surface area contributed by atoms with Gasteiger partial charge in [-0.2, -0.15) is 5.26 Å². The van der Waals surface area contributed by atoms with Gasteiger partial charge in [0.1, 0.15) is 11.1 Å². The number of hydrogen-bond donors (Lipinski definition) is 1. The van der Waals surface area contributed by atoms with Gasteiger partial charge in [0, 0.05) is 4.88 Å². The summed E-state index contributed by atoms with van der Waals surface area (Å²) in [5, 5.41) is 13.8. The van der Waals surface area contributed by atoms with Gasteiger partial charge in [-0.05, 0) is 87.0 Å². The van der Waals surface area contributed by atoms with Crippen LogP contribution >= 0.6 is 11.3 Å². The highest BCUT2D eigenvalue weighted by atomic mass is 32.1. The maximum atomic E-state index is 13.3. The zero-order valence-corrected chi connectivity index (χ0v) is 15.8. The summed E-state index contributed by atoms with van der Waals surface area (Å²) >= 11 is 1.67. The summed E-state index contributed by atoms with van der Waals surface area (Å²) in [5.41, 5.74) is 1.83. The quantitative estimate of drug-likeness (QED) is 0.821. The third-order valence-corrected chi connectivity index (χ3v) is 8.57. The van der Waals surface area contributed by atoms with E-state index >= 15 is 0 Å². The lowest BCUT2D eigenvalue weighted by Gasteiger charge is -2.55. The molecule has 1 heterocycles. The highest BCUT2D eigenvalue weighted by molar-refractivity contribution is 7.16. The molecule has 0 radical (unpaired) electrons. The maximum absolute atomic E-state index is 13.3. The van der Waals surface area contributed by atoms with Crippen LogP contribution in [0.1, 0.15) is 67.9 Å². The van der Waals surface area contributed by atoms with E-state index < -0.39 is 0 Å². The second-order valence-electron chi connectivity index (χ2n) is 9.32. The summed E-state index contributed by atoms with van der Waals surface area (Å²) in [6.07, 6.45) is 10.5. The van der Waals surface area contributed by atoms with Crippen molar-refractivity contribution in [1.82, 2.24) is 0 Å². The third-order valence-electron chi connectivity index (χ3n) is 7.37. The predicted molar refractivity (Wildman–Crippen MR) is 99.5 cm³/mol. The van der Waals surface area contributed by atoms with Crippen molar-refractivity contribution in [2.75, 3.05) is 5.32 Å². The molecule has 4 heteroatoms. The Labute approximate surface area is 153 Å². The molecule has 1 aromatic heterocycles. The third kappa shape index (κ3) is 2.46. The van der Waals surface area contributed by atoms with Crippen LogP contribution in [0.25, 0.3) is 0 Å². The maximum Gasteiger partial charge on any atom is 0.231 e. The molecule has 1 atom stereocenters. The Morgan fingerprint density at radius 2 is 1.84 bits per heavy atom. The normalized spacial score (nSPS) is 38.2. The minimum atomic E-state index is -0.140. The van der Waals surface area contributed by atoms with E-state index in [1.54, 1.807) is 11.3 Å². The topological polar surface area (TPSA) is 52.9 Å². The largest absolute Gasteiger partial charge is 0.316 e. The summed E-state index contributed by atoms with van der Waals surface area (Å²) in [6.45, 7) is 2.26. The summed E-state index contributed by atoms with van der Waals surface area (Å²) < 4.78 is 0. The van der Waals surface area contributed by atoms with Crippen molar-refractivity contribution in [2.24, 2.45) is 29.1 Å². The molecule has 4 bridgehead atoms. The van der Waals surface area contributed by atoms with Gasteiger partial charge < -0.3 is 5.32 Å². The van der Waals surface area contributed by atoms with Gasteiger partial charge in [0.05, 0.1) is 11.0 Å². The van der Waals surface area contributed by atoms with Crippen molar-refractivity contribution in [3.63, 3.8) is 0 Å². The van der Waals surface area contributed by atoms with Gasteiger partial charge in [-0.3, -0.25) is 4.79 Å². The number of nitriles is 1. The van der Waals surface area contributed by atoms with Gasteiger partial charge in [-0.15, -0.1) is 11.3 Å². The van der Waals surface area contributed by atoms with E-state index in [-0.39, 0.29) is 11.3 Å². The van der Waals surface area contributed by atoms with Crippen LogP contribution in [-0.4, -0.2) is 5.91 Å². The van der Waals surface area contributed by atoms with E-state index in [1.807, 2.05) is 0 Å². The Morgan fingerprint density at radius 1 is 1.20 bits per heavy atom. The molecular weight excluding hydrogens is 328 g/mol. The fourth-order valence-corrected chi connectivity index (χ4v) is 7.78. The van der Waals surface area contributed by atoms with Crippen LogP contribution in [-0.2, 0) is 17.6 Å². The van der Waals surface area contributed by atoms with E-state index in [2.05, 4.69) is 18.3 Å². The van der Waals surface area contributed by atoms with Crippen molar-refractivity contribution in [2.45, 2.75) is 64.7 Å². The smallest absolute Gasteiger partial charge is 0.231 e. The van der Waals surface area contributed by atoms with Crippen molar-refractivity contribution >= 4 is 22.2 Å². The standard InChI is InChI=1S/C21H26N2OS/c1-12-2-3-18-16(4-12)17(11-22)19(25-18)23-20(24)21-8-13-5-14(9-21)7-15(6-13)10-21/h12-15H,2-10H2,1H3,(H,23,24). The van der Waals surface area contributed by atoms with Crippen molar-refractivity contribution in [3.05, 3.63) is 16.0 Å². The van der Waals surface area contributed by atoms with Gasteiger partial charge in [0.2, 0.25) is 5.91 Å². The van der Waals surface area contributed by atoms with E-state index in [0.29, 0.717) is 5.92 Å². The number of thiophene rings is 1. The summed E-state index contributed by atoms with van der Waals surface area (Å²) in [4.78, 5) is 14.6. The van der Waals surface area contributed by atoms with Crippen LogP contribution in [0.3, 0.4) is 0 Å². The molecule has 0 saturated heterocycles. The SMILES string of the molecule is CC1CCc2sc(NC(=O)C34CC5CC(CC(C5)C3)C4)c(C#N)c2C1. The monoisotopic (exact) mass is 354 g/mol. The second kappa shape index (κ2) is 5.58. The zero-order valence-electron chi connectivity index (χ0n) is 14.9. The molecule has 4 saturated carbocycles. The number of amides is 1.